The van der Waals surface area contributed by atoms with Crippen molar-refractivity contribution in [2.75, 3.05) is 13.2 Å². The fourth-order valence-corrected chi connectivity index (χ4v) is 2.78. The molecule has 0 atom stereocenters. The predicted octanol–water partition coefficient (Wildman–Crippen LogP) is 0.503. The van der Waals surface area contributed by atoms with E-state index in [2.05, 4.69) is 4.72 Å². The minimum atomic E-state index is -3.79. The van der Waals surface area contributed by atoms with Crippen LogP contribution in [0.4, 0.5) is 0 Å². The molecule has 0 aliphatic carbocycles. The van der Waals surface area contributed by atoms with Crippen LogP contribution in [-0.2, 0) is 16.6 Å². The summed E-state index contributed by atoms with van der Waals surface area (Å²) in [4.78, 5) is 10.9. The average Bonchev–Trinajstić information content (AvgIpc) is 2.82. The molecule has 20 heavy (non-hydrogen) atoms. The number of sulfonamides is 1. The van der Waals surface area contributed by atoms with Crippen LogP contribution < -0.4 is 4.72 Å². The van der Waals surface area contributed by atoms with E-state index in [0.717, 1.165) is 6.07 Å². The lowest BCUT2D eigenvalue weighted by Crippen LogP contribution is -2.35. The van der Waals surface area contributed by atoms with Gasteiger partial charge in [0.15, 0.2) is 0 Å². The molecule has 0 unspecified atom stereocenters. The van der Waals surface area contributed by atoms with Crippen molar-refractivity contribution in [3.8, 4) is 0 Å². The van der Waals surface area contributed by atoms with Gasteiger partial charge in [0.2, 0.25) is 10.0 Å². The van der Waals surface area contributed by atoms with Crippen LogP contribution in [0.2, 0.25) is 0 Å². The molecule has 0 fully saturated rings. The van der Waals surface area contributed by atoms with Gasteiger partial charge in [-0.05, 0) is 13.0 Å². The maximum atomic E-state index is 12.1. The van der Waals surface area contributed by atoms with Gasteiger partial charge < -0.3 is 14.8 Å². The zero-order chi connectivity index (χ0) is 15.6. The van der Waals surface area contributed by atoms with Crippen LogP contribution in [0.15, 0.2) is 17.2 Å². The summed E-state index contributed by atoms with van der Waals surface area (Å²) in [5.74, 6) is -1.18. The third-order valence-corrected chi connectivity index (χ3v) is 4.28. The Hall–Kier alpha value is -1.38. The maximum absolute atomic E-state index is 12.1. The second-order valence-corrected chi connectivity index (χ2v) is 7.07. The molecule has 1 heterocycles. The summed E-state index contributed by atoms with van der Waals surface area (Å²) in [6.45, 7) is 5.42. The van der Waals surface area contributed by atoms with E-state index in [9.17, 15) is 13.2 Å². The molecular formula is C12H20N2O5S. The number of nitrogens with zero attached hydrogens (tertiary/aromatic N) is 1. The van der Waals surface area contributed by atoms with Crippen LogP contribution in [0.3, 0.4) is 0 Å². The van der Waals surface area contributed by atoms with Crippen LogP contribution in [-0.4, -0.2) is 42.3 Å². The number of carbonyl (C=O) groups is 1. The normalized spacial score (nSPS) is 12.6. The Morgan fingerprint density at radius 3 is 2.45 bits per heavy atom. The van der Waals surface area contributed by atoms with Gasteiger partial charge in [0, 0.05) is 31.3 Å². The van der Waals surface area contributed by atoms with Gasteiger partial charge in [0.1, 0.15) is 10.6 Å². The Morgan fingerprint density at radius 1 is 1.45 bits per heavy atom. The third kappa shape index (κ3) is 3.81. The van der Waals surface area contributed by atoms with Gasteiger partial charge >= 0.3 is 5.97 Å². The third-order valence-electron chi connectivity index (χ3n) is 2.91. The predicted molar refractivity (Wildman–Crippen MR) is 73.1 cm³/mol. The van der Waals surface area contributed by atoms with Crippen molar-refractivity contribution in [3.63, 3.8) is 0 Å². The second-order valence-electron chi connectivity index (χ2n) is 5.30. The topological polar surface area (TPSA) is 109 Å². The van der Waals surface area contributed by atoms with Gasteiger partial charge in [-0.15, -0.1) is 0 Å². The smallest absolute Gasteiger partial charge is 0.352 e. The Labute approximate surface area is 118 Å². The van der Waals surface area contributed by atoms with Crippen LogP contribution >= 0.6 is 0 Å². The van der Waals surface area contributed by atoms with Crippen LogP contribution in [0.1, 0.15) is 31.3 Å². The molecular weight excluding hydrogens is 284 g/mol. The molecule has 7 nitrogen and oxygen atoms in total. The minimum absolute atomic E-state index is 0.0611. The van der Waals surface area contributed by atoms with Crippen molar-refractivity contribution < 1.29 is 23.4 Å². The summed E-state index contributed by atoms with van der Waals surface area (Å²) in [6, 6.07) is 1.13. The molecule has 0 spiro atoms. The van der Waals surface area contributed by atoms with Gasteiger partial charge in [-0.2, -0.15) is 0 Å². The van der Waals surface area contributed by atoms with Crippen molar-refractivity contribution in [2.45, 2.75) is 32.2 Å². The SMILES string of the molecule is CCn1cc(S(=O)(=O)NCC(C)(C)CO)cc1C(=O)O. The number of aromatic carboxylic acids is 1. The molecule has 0 aliphatic heterocycles. The number of aromatic nitrogens is 1. The fraction of sp³-hybridized carbons (Fsp3) is 0.583. The number of hydrogen-bond donors (Lipinski definition) is 3. The van der Waals surface area contributed by atoms with Gasteiger partial charge in [-0.1, -0.05) is 13.8 Å². The number of hydrogen-bond acceptors (Lipinski definition) is 4. The van der Waals surface area contributed by atoms with Crippen molar-refractivity contribution in [2.24, 2.45) is 5.41 Å². The number of carboxylic acids is 1. The standard InChI is InChI=1S/C12H20N2O5S/c1-4-14-6-9(5-10(14)11(16)17)20(18,19)13-7-12(2,3)8-15/h5-6,13,15H,4,7-8H2,1-3H3,(H,16,17). The average molecular weight is 304 g/mol. The number of aryl methyl sites for hydroxylation is 1. The molecule has 3 N–H and O–H groups in total. The first-order valence-electron chi connectivity index (χ1n) is 6.17. The van der Waals surface area contributed by atoms with Crippen LogP contribution in [0.25, 0.3) is 0 Å². The van der Waals surface area contributed by atoms with Crippen LogP contribution in [0, 0.1) is 5.41 Å². The molecule has 0 aliphatic rings. The number of aliphatic hydroxyl groups is 1. The van der Waals surface area contributed by atoms with E-state index >= 15 is 0 Å². The molecule has 8 heteroatoms. The van der Waals surface area contributed by atoms with Crippen molar-refractivity contribution >= 4 is 16.0 Å². The van der Waals surface area contributed by atoms with Gasteiger partial charge in [0.25, 0.3) is 0 Å². The molecule has 1 aromatic heterocycles. The molecule has 0 saturated carbocycles. The summed E-state index contributed by atoms with van der Waals surface area (Å²) in [5.41, 5.74) is -0.662. The summed E-state index contributed by atoms with van der Waals surface area (Å²) in [5, 5.41) is 18.1. The fourth-order valence-electron chi connectivity index (χ4n) is 1.50. The van der Waals surface area contributed by atoms with E-state index < -0.39 is 21.4 Å². The largest absolute Gasteiger partial charge is 0.477 e. The zero-order valence-electron chi connectivity index (χ0n) is 11.8. The highest BCUT2D eigenvalue weighted by Gasteiger charge is 2.24. The van der Waals surface area contributed by atoms with Crippen molar-refractivity contribution in [1.29, 1.82) is 0 Å². The number of rotatable bonds is 7. The highest BCUT2D eigenvalue weighted by Crippen LogP contribution is 2.17. The van der Waals surface area contributed by atoms with E-state index in [1.54, 1.807) is 20.8 Å². The summed E-state index contributed by atoms with van der Waals surface area (Å²) in [6.07, 6.45) is 1.29. The number of nitrogens with one attached hydrogen (secondary N) is 1. The molecule has 0 radical (unpaired) electrons. The van der Waals surface area contributed by atoms with E-state index in [4.69, 9.17) is 10.2 Å². The van der Waals surface area contributed by atoms with Gasteiger partial charge in [-0.25, -0.2) is 17.9 Å². The molecule has 1 rings (SSSR count). The Morgan fingerprint density at radius 2 is 2.05 bits per heavy atom. The number of aliphatic hydroxyl groups excluding tert-OH is 1. The highest BCUT2D eigenvalue weighted by atomic mass is 32.2. The Kier molecular flexibility index (Phi) is 4.95. The lowest BCUT2D eigenvalue weighted by atomic mass is 9.96. The van der Waals surface area contributed by atoms with Crippen molar-refractivity contribution in [1.82, 2.24) is 9.29 Å². The Bertz CT molecular complexity index is 589. The first-order chi connectivity index (χ1) is 9.13. The quantitative estimate of drug-likeness (QED) is 0.680. The van der Waals surface area contributed by atoms with E-state index in [-0.39, 0.29) is 23.7 Å². The summed E-state index contributed by atoms with van der Waals surface area (Å²) >= 11 is 0. The first kappa shape index (κ1) is 16.7. The van der Waals surface area contributed by atoms with Crippen molar-refractivity contribution in [3.05, 3.63) is 18.0 Å². The Balaban J connectivity index is 3.02. The maximum Gasteiger partial charge on any atom is 0.352 e. The number of carboxylic acid groups (broad SMARTS) is 1. The van der Waals surface area contributed by atoms with E-state index in [1.165, 1.54) is 10.8 Å². The summed E-state index contributed by atoms with van der Waals surface area (Å²) < 4.78 is 27.9. The summed E-state index contributed by atoms with van der Waals surface area (Å²) in [7, 11) is -3.79. The monoisotopic (exact) mass is 304 g/mol. The molecule has 0 bridgehead atoms. The molecule has 1 aromatic rings. The van der Waals surface area contributed by atoms with Gasteiger partial charge in [0.05, 0.1) is 0 Å². The zero-order valence-corrected chi connectivity index (χ0v) is 12.6. The van der Waals surface area contributed by atoms with Crippen LogP contribution in [0.5, 0.6) is 0 Å². The van der Waals surface area contributed by atoms with Gasteiger partial charge in [-0.3, -0.25) is 0 Å². The molecule has 0 aromatic carbocycles. The minimum Gasteiger partial charge on any atom is -0.477 e. The van der Waals surface area contributed by atoms with E-state index in [1.807, 2.05) is 0 Å². The second kappa shape index (κ2) is 5.94. The first-order valence-corrected chi connectivity index (χ1v) is 7.65. The van der Waals surface area contributed by atoms with E-state index in [0.29, 0.717) is 6.54 Å². The molecule has 0 amide bonds. The highest BCUT2D eigenvalue weighted by molar-refractivity contribution is 7.89. The molecule has 0 saturated heterocycles. The molecule has 114 valence electrons. The lowest BCUT2D eigenvalue weighted by Gasteiger charge is -2.21. The lowest BCUT2D eigenvalue weighted by molar-refractivity contribution is 0.0685.